The molecule has 1 aromatic heterocycles. The van der Waals surface area contributed by atoms with Crippen molar-refractivity contribution >= 4 is 0 Å². The molecule has 1 aliphatic rings. The van der Waals surface area contributed by atoms with Crippen molar-refractivity contribution in [3.63, 3.8) is 0 Å². The van der Waals surface area contributed by atoms with Gasteiger partial charge in [0.2, 0.25) is 0 Å². The lowest BCUT2D eigenvalue weighted by molar-refractivity contribution is 0.406. The summed E-state index contributed by atoms with van der Waals surface area (Å²) in [7, 11) is 0. The van der Waals surface area contributed by atoms with Gasteiger partial charge in [0.05, 0.1) is 11.8 Å². The van der Waals surface area contributed by atoms with Gasteiger partial charge in [-0.1, -0.05) is 43.6 Å². The molecule has 1 aliphatic carbocycles. The maximum atomic E-state index is 11.3. The van der Waals surface area contributed by atoms with E-state index in [0.29, 0.717) is 16.9 Å². The second-order valence-corrected chi connectivity index (χ2v) is 8.16. The van der Waals surface area contributed by atoms with Crippen molar-refractivity contribution in [1.29, 1.82) is 0 Å². The largest absolute Gasteiger partial charge is 0.507 e. The van der Waals surface area contributed by atoms with Crippen LogP contribution in [0.15, 0.2) is 52.7 Å². The van der Waals surface area contributed by atoms with Crippen LogP contribution in [0.25, 0.3) is 11.3 Å². The lowest BCUT2D eigenvalue weighted by Crippen LogP contribution is -2.17. The van der Waals surface area contributed by atoms with E-state index in [-0.39, 0.29) is 23.3 Å². The molecular formula is C25H32O3. The molecule has 3 nitrogen and oxygen atoms in total. The number of hydrogen-bond acceptors (Lipinski definition) is 3. The fourth-order valence-electron chi connectivity index (χ4n) is 4.42. The second-order valence-electron chi connectivity index (χ2n) is 8.16. The van der Waals surface area contributed by atoms with E-state index in [2.05, 4.69) is 26.5 Å². The minimum absolute atomic E-state index is 0.0790. The van der Waals surface area contributed by atoms with E-state index >= 15 is 0 Å². The summed E-state index contributed by atoms with van der Waals surface area (Å²) in [6.07, 6.45) is 9.86. The number of unbranched alkanes of at least 4 members (excludes halogenated alkanes) is 2. The van der Waals surface area contributed by atoms with Crippen molar-refractivity contribution in [1.82, 2.24) is 0 Å². The SMILES string of the molecule is C=C(C)[C@@H]1CCC(C)=C[C@H]1c1c(O)cc(CCCCC)c(-c2ccco2)c1O. The highest BCUT2D eigenvalue weighted by Crippen LogP contribution is 2.50. The van der Waals surface area contributed by atoms with Crippen molar-refractivity contribution in [3.8, 4) is 22.8 Å². The monoisotopic (exact) mass is 380 g/mol. The summed E-state index contributed by atoms with van der Waals surface area (Å²) in [5.74, 6) is 1.08. The molecule has 0 saturated carbocycles. The summed E-state index contributed by atoms with van der Waals surface area (Å²) in [5.41, 5.74) is 4.61. The van der Waals surface area contributed by atoms with Crippen LogP contribution in [0.5, 0.6) is 11.5 Å². The predicted octanol–water partition coefficient (Wildman–Crippen LogP) is 7.11. The number of aromatic hydroxyl groups is 2. The number of benzene rings is 1. The minimum atomic E-state index is -0.0790. The Morgan fingerprint density at radius 3 is 2.71 bits per heavy atom. The number of phenolic OH excluding ortho intramolecular Hbond substituents is 2. The van der Waals surface area contributed by atoms with Gasteiger partial charge in [-0.25, -0.2) is 0 Å². The maximum absolute atomic E-state index is 11.3. The molecule has 0 saturated heterocycles. The van der Waals surface area contributed by atoms with Gasteiger partial charge in [-0.05, 0) is 69.2 Å². The smallest absolute Gasteiger partial charge is 0.137 e. The molecule has 2 atom stereocenters. The zero-order valence-electron chi connectivity index (χ0n) is 17.3. The third-order valence-corrected chi connectivity index (χ3v) is 5.93. The number of rotatable bonds is 7. The first-order valence-corrected chi connectivity index (χ1v) is 10.4. The predicted molar refractivity (Wildman–Crippen MR) is 115 cm³/mol. The Labute approximate surface area is 168 Å². The summed E-state index contributed by atoms with van der Waals surface area (Å²) in [6, 6.07) is 5.53. The van der Waals surface area contributed by atoms with Crippen molar-refractivity contribution < 1.29 is 14.6 Å². The normalized spacial score (nSPS) is 19.5. The molecule has 3 rings (SSSR count). The molecule has 0 aliphatic heterocycles. The second kappa shape index (κ2) is 8.72. The molecule has 0 bridgehead atoms. The van der Waals surface area contributed by atoms with E-state index in [9.17, 15) is 10.2 Å². The fraction of sp³-hybridized carbons (Fsp3) is 0.440. The number of aryl methyl sites for hydroxylation is 1. The summed E-state index contributed by atoms with van der Waals surface area (Å²) < 4.78 is 5.65. The van der Waals surface area contributed by atoms with Gasteiger partial charge < -0.3 is 14.6 Å². The van der Waals surface area contributed by atoms with Gasteiger partial charge >= 0.3 is 0 Å². The molecule has 2 aromatic rings. The zero-order valence-corrected chi connectivity index (χ0v) is 17.3. The van der Waals surface area contributed by atoms with Crippen LogP contribution in [0, 0.1) is 5.92 Å². The molecule has 28 heavy (non-hydrogen) atoms. The van der Waals surface area contributed by atoms with Crippen LogP contribution in [-0.2, 0) is 6.42 Å². The van der Waals surface area contributed by atoms with Gasteiger partial charge in [-0.15, -0.1) is 0 Å². The molecule has 3 heteroatoms. The molecule has 0 unspecified atom stereocenters. The van der Waals surface area contributed by atoms with Crippen molar-refractivity contribution in [2.75, 3.05) is 0 Å². The van der Waals surface area contributed by atoms with Crippen molar-refractivity contribution in [2.24, 2.45) is 5.92 Å². The highest BCUT2D eigenvalue weighted by Gasteiger charge is 2.32. The lowest BCUT2D eigenvalue weighted by atomic mass is 9.73. The molecule has 0 radical (unpaired) electrons. The molecule has 0 spiro atoms. The highest BCUT2D eigenvalue weighted by atomic mass is 16.3. The molecule has 0 fully saturated rings. The molecule has 1 heterocycles. The average Bonchev–Trinajstić information content (AvgIpc) is 3.15. The maximum Gasteiger partial charge on any atom is 0.137 e. The third kappa shape index (κ3) is 4.04. The number of furan rings is 1. The van der Waals surface area contributed by atoms with Crippen LogP contribution in [-0.4, -0.2) is 10.2 Å². The topological polar surface area (TPSA) is 53.6 Å². The van der Waals surface area contributed by atoms with Crippen LogP contribution in [0.1, 0.15) is 69.9 Å². The summed E-state index contributed by atoms with van der Waals surface area (Å²) in [4.78, 5) is 0. The first-order valence-electron chi connectivity index (χ1n) is 10.4. The van der Waals surface area contributed by atoms with Crippen LogP contribution in [0.3, 0.4) is 0 Å². The van der Waals surface area contributed by atoms with Crippen LogP contribution in [0.2, 0.25) is 0 Å². The lowest BCUT2D eigenvalue weighted by Gasteiger charge is -2.32. The van der Waals surface area contributed by atoms with Crippen LogP contribution < -0.4 is 0 Å². The Balaban J connectivity index is 2.15. The zero-order chi connectivity index (χ0) is 20.3. The van der Waals surface area contributed by atoms with Gasteiger partial charge in [0.15, 0.2) is 0 Å². The van der Waals surface area contributed by atoms with Gasteiger partial charge in [0.1, 0.15) is 17.3 Å². The Kier molecular flexibility index (Phi) is 6.33. The molecule has 1 aromatic carbocycles. The minimum Gasteiger partial charge on any atom is -0.507 e. The summed E-state index contributed by atoms with van der Waals surface area (Å²) >= 11 is 0. The fourth-order valence-corrected chi connectivity index (χ4v) is 4.42. The highest BCUT2D eigenvalue weighted by molar-refractivity contribution is 5.75. The first kappa shape index (κ1) is 20.3. The Morgan fingerprint density at radius 2 is 2.07 bits per heavy atom. The quantitative estimate of drug-likeness (QED) is 0.397. The van der Waals surface area contributed by atoms with Crippen LogP contribution >= 0.6 is 0 Å². The Morgan fingerprint density at radius 1 is 1.29 bits per heavy atom. The van der Waals surface area contributed by atoms with Gasteiger partial charge in [0, 0.05) is 11.5 Å². The molecular weight excluding hydrogens is 348 g/mol. The van der Waals surface area contributed by atoms with E-state index < -0.39 is 0 Å². The van der Waals surface area contributed by atoms with E-state index in [1.165, 1.54) is 5.57 Å². The van der Waals surface area contributed by atoms with E-state index in [1.807, 2.05) is 25.1 Å². The van der Waals surface area contributed by atoms with Crippen LogP contribution in [0.4, 0.5) is 0 Å². The Bertz CT molecular complexity index is 858. The third-order valence-electron chi connectivity index (χ3n) is 5.93. The first-order chi connectivity index (χ1) is 13.4. The van der Waals surface area contributed by atoms with Crippen molar-refractivity contribution in [2.45, 2.75) is 65.2 Å². The van der Waals surface area contributed by atoms with Gasteiger partial charge in [0.25, 0.3) is 0 Å². The number of allylic oxidation sites excluding steroid dienone is 3. The van der Waals surface area contributed by atoms with E-state index in [4.69, 9.17) is 4.42 Å². The molecule has 2 N–H and O–H groups in total. The average molecular weight is 381 g/mol. The van der Waals surface area contributed by atoms with E-state index in [0.717, 1.165) is 49.7 Å². The summed E-state index contributed by atoms with van der Waals surface area (Å²) in [6.45, 7) is 10.5. The van der Waals surface area contributed by atoms with Crippen molar-refractivity contribution in [3.05, 3.63) is 59.4 Å². The molecule has 0 amide bonds. The number of hydrogen-bond donors (Lipinski definition) is 2. The Hall–Kier alpha value is -2.42. The van der Waals surface area contributed by atoms with E-state index in [1.54, 1.807) is 6.26 Å². The standard InChI is InChI=1S/C25H32O3/c1-5-6-7-9-18-15-21(26)24(25(27)23(18)22-10-8-13-28-22)20-14-17(4)11-12-19(20)16(2)3/h8,10,13-15,19-20,26-27H,2,5-7,9,11-12H2,1,3-4H3/t19-,20+/m0/s1. The van der Waals surface area contributed by atoms with Gasteiger partial charge in [-0.2, -0.15) is 0 Å². The summed E-state index contributed by atoms with van der Waals surface area (Å²) in [5, 5.41) is 22.3. The van der Waals surface area contributed by atoms with Gasteiger partial charge in [-0.3, -0.25) is 0 Å². The molecule has 150 valence electrons. The number of phenols is 2.